The highest BCUT2D eigenvalue weighted by atomic mass is 16.7. The van der Waals surface area contributed by atoms with Crippen LogP contribution in [0.15, 0.2) is 78.9 Å². The number of carbonyl (C=O) groups is 1. The third-order valence-corrected chi connectivity index (χ3v) is 7.74. The summed E-state index contributed by atoms with van der Waals surface area (Å²) in [7, 11) is 0. The van der Waals surface area contributed by atoms with Crippen molar-refractivity contribution in [3.05, 3.63) is 101 Å². The Morgan fingerprint density at radius 1 is 0.825 bits per heavy atom. The third-order valence-electron chi connectivity index (χ3n) is 7.74. The molecule has 2 fully saturated rings. The molecule has 2 amide bonds. The van der Waals surface area contributed by atoms with Crippen molar-refractivity contribution in [3.8, 4) is 0 Å². The SMILES string of the molecule is O=C(NCc1ccccc1)Nc1cccc([C@@H]2O[C@H](CN3CCCCCCC3)C[C@H](c3ccc(CO)cc3)O2)c1. The Morgan fingerprint density at radius 3 is 2.33 bits per heavy atom. The van der Waals surface area contributed by atoms with E-state index in [1.54, 1.807) is 0 Å². The van der Waals surface area contributed by atoms with Crippen LogP contribution in [0.2, 0.25) is 0 Å². The number of benzene rings is 3. The van der Waals surface area contributed by atoms with Gasteiger partial charge in [-0.2, -0.15) is 0 Å². The van der Waals surface area contributed by atoms with Crippen molar-refractivity contribution in [1.29, 1.82) is 0 Å². The lowest BCUT2D eigenvalue weighted by Crippen LogP contribution is -2.40. The van der Waals surface area contributed by atoms with Gasteiger partial charge in [0.25, 0.3) is 0 Å². The van der Waals surface area contributed by atoms with Crippen LogP contribution in [0.25, 0.3) is 0 Å². The molecule has 40 heavy (non-hydrogen) atoms. The smallest absolute Gasteiger partial charge is 0.319 e. The van der Waals surface area contributed by atoms with Gasteiger partial charge in [-0.15, -0.1) is 0 Å². The van der Waals surface area contributed by atoms with Gasteiger partial charge in [-0.3, -0.25) is 0 Å². The van der Waals surface area contributed by atoms with Gasteiger partial charge in [0.1, 0.15) is 0 Å². The number of ether oxygens (including phenoxy) is 2. The largest absolute Gasteiger partial charge is 0.392 e. The minimum Gasteiger partial charge on any atom is -0.392 e. The Labute approximate surface area is 237 Å². The van der Waals surface area contributed by atoms with E-state index in [1.807, 2.05) is 78.9 Å². The molecular weight excluding hydrogens is 502 g/mol. The van der Waals surface area contributed by atoms with Crippen molar-refractivity contribution in [1.82, 2.24) is 10.2 Å². The summed E-state index contributed by atoms with van der Waals surface area (Å²) in [6.45, 7) is 3.58. The van der Waals surface area contributed by atoms with Gasteiger partial charge < -0.3 is 30.1 Å². The van der Waals surface area contributed by atoms with Crippen LogP contribution in [0.1, 0.15) is 73.2 Å². The number of hydrogen-bond donors (Lipinski definition) is 3. The number of anilines is 1. The molecule has 2 aliphatic heterocycles. The van der Waals surface area contributed by atoms with Crippen molar-refractivity contribution >= 4 is 11.7 Å². The van der Waals surface area contributed by atoms with Crippen molar-refractivity contribution in [2.24, 2.45) is 0 Å². The molecule has 3 aromatic carbocycles. The highest BCUT2D eigenvalue weighted by Gasteiger charge is 2.33. The maximum atomic E-state index is 12.6. The predicted molar refractivity (Wildman–Crippen MR) is 157 cm³/mol. The first-order valence-electron chi connectivity index (χ1n) is 14.6. The molecule has 3 atom stereocenters. The standard InChI is InChI=1S/C33H41N3O4/c37-24-26-14-16-27(17-15-26)31-21-30(23-36-18-7-2-1-3-8-19-36)39-32(40-31)28-12-9-13-29(20-28)35-33(38)34-22-25-10-5-4-6-11-25/h4-6,9-17,20,30-32,37H,1-3,7-8,18-19,21-24H2,(H2,34,35,38)/t30-,31+,32+/m0/s1. The molecule has 7 heteroatoms. The number of aliphatic hydroxyl groups excluding tert-OH is 1. The molecule has 2 saturated heterocycles. The summed E-state index contributed by atoms with van der Waals surface area (Å²) < 4.78 is 13.1. The Morgan fingerprint density at radius 2 is 1.57 bits per heavy atom. The first-order valence-corrected chi connectivity index (χ1v) is 14.6. The van der Waals surface area contributed by atoms with Gasteiger partial charge in [-0.1, -0.05) is 86.0 Å². The normalized spacial score (nSPS) is 22.2. The lowest BCUT2D eigenvalue weighted by Gasteiger charge is -2.39. The van der Waals surface area contributed by atoms with Gasteiger partial charge in [0.15, 0.2) is 6.29 Å². The quantitative estimate of drug-likeness (QED) is 0.310. The van der Waals surface area contributed by atoms with E-state index in [4.69, 9.17) is 9.47 Å². The molecule has 5 rings (SSSR count). The number of aliphatic hydroxyl groups is 1. The minimum atomic E-state index is -0.551. The average molecular weight is 544 g/mol. The van der Waals surface area contributed by atoms with Gasteiger partial charge in [0.2, 0.25) is 0 Å². The van der Waals surface area contributed by atoms with Crippen molar-refractivity contribution in [2.45, 2.75) is 70.2 Å². The Balaban J connectivity index is 1.28. The molecule has 0 unspecified atom stereocenters. The highest BCUT2D eigenvalue weighted by molar-refractivity contribution is 5.89. The van der Waals surface area contributed by atoms with E-state index in [0.717, 1.165) is 48.3 Å². The second-order valence-electron chi connectivity index (χ2n) is 10.8. The van der Waals surface area contributed by atoms with Crippen LogP contribution in [0.4, 0.5) is 10.5 Å². The third kappa shape index (κ3) is 8.15. The van der Waals surface area contributed by atoms with E-state index < -0.39 is 6.29 Å². The molecule has 0 aliphatic carbocycles. The molecule has 7 nitrogen and oxygen atoms in total. The average Bonchev–Trinajstić information content (AvgIpc) is 2.98. The second kappa shape index (κ2) is 14.4. The van der Waals surface area contributed by atoms with E-state index >= 15 is 0 Å². The molecule has 3 N–H and O–H groups in total. The number of likely N-dealkylation sites (tertiary alicyclic amines) is 1. The highest BCUT2D eigenvalue weighted by Crippen LogP contribution is 2.38. The van der Waals surface area contributed by atoms with Crippen LogP contribution >= 0.6 is 0 Å². The molecule has 0 aromatic heterocycles. The van der Waals surface area contributed by atoms with Gasteiger partial charge in [-0.25, -0.2) is 4.79 Å². The van der Waals surface area contributed by atoms with Gasteiger partial charge in [0.05, 0.1) is 18.8 Å². The Bertz CT molecular complexity index is 1200. The van der Waals surface area contributed by atoms with Crippen molar-refractivity contribution in [2.75, 3.05) is 25.0 Å². The lowest BCUT2D eigenvalue weighted by atomic mass is 9.99. The molecule has 0 bridgehead atoms. The summed E-state index contributed by atoms with van der Waals surface area (Å²) in [5.74, 6) is 0. The topological polar surface area (TPSA) is 83.1 Å². The van der Waals surface area contributed by atoms with Gasteiger partial charge in [-0.05, 0) is 54.8 Å². The fraction of sp³-hybridized carbons (Fsp3) is 0.424. The lowest BCUT2D eigenvalue weighted by molar-refractivity contribution is -0.253. The van der Waals surface area contributed by atoms with Crippen LogP contribution in [-0.2, 0) is 22.6 Å². The fourth-order valence-corrected chi connectivity index (χ4v) is 5.53. The summed E-state index contributed by atoms with van der Waals surface area (Å²) in [6.07, 6.45) is 6.51. The maximum absolute atomic E-state index is 12.6. The maximum Gasteiger partial charge on any atom is 0.319 e. The molecule has 3 aromatic rings. The van der Waals surface area contributed by atoms with Crippen LogP contribution in [0.5, 0.6) is 0 Å². The second-order valence-corrected chi connectivity index (χ2v) is 10.8. The zero-order valence-electron chi connectivity index (χ0n) is 23.1. The molecule has 2 aliphatic rings. The van der Waals surface area contributed by atoms with E-state index in [-0.39, 0.29) is 24.8 Å². The number of amides is 2. The first-order chi connectivity index (χ1) is 19.7. The van der Waals surface area contributed by atoms with Crippen LogP contribution < -0.4 is 10.6 Å². The van der Waals surface area contributed by atoms with Gasteiger partial charge >= 0.3 is 6.03 Å². The van der Waals surface area contributed by atoms with Crippen molar-refractivity contribution in [3.63, 3.8) is 0 Å². The molecule has 0 saturated carbocycles. The monoisotopic (exact) mass is 543 g/mol. The summed E-state index contributed by atoms with van der Waals surface area (Å²) in [5.41, 5.74) is 4.56. The zero-order valence-corrected chi connectivity index (χ0v) is 23.1. The molecule has 0 spiro atoms. The zero-order chi connectivity index (χ0) is 27.6. The number of nitrogens with one attached hydrogen (secondary N) is 2. The van der Waals surface area contributed by atoms with Gasteiger partial charge in [0, 0.05) is 30.8 Å². The fourth-order valence-electron chi connectivity index (χ4n) is 5.53. The summed E-state index contributed by atoms with van der Waals surface area (Å²) in [6, 6.07) is 25.3. The molecule has 2 heterocycles. The molecular formula is C33H41N3O4. The number of rotatable bonds is 8. The summed E-state index contributed by atoms with van der Waals surface area (Å²) in [5, 5.41) is 15.3. The van der Waals surface area contributed by atoms with E-state index in [2.05, 4.69) is 15.5 Å². The molecule has 0 radical (unpaired) electrons. The minimum absolute atomic E-state index is 0.0199. The molecule has 212 valence electrons. The predicted octanol–water partition coefficient (Wildman–Crippen LogP) is 6.31. The van der Waals surface area contributed by atoms with Crippen molar-refractivity contribution < 1.29 is 19.4 Å². The van der Waals surface area contributed by atoms with Crippen LogP contribution in [0, 0.1) is 0 Å². The number of nitrogens with zero attached hydrogens (tertiary/aromatic N) is 1. The number of carbonyl (C=O) groups excluding carboxylic acids is 1. The van der Waals surface area contributed by atoms with E-state index in [1.165, 1.54) is 32.1 Å². The summed E-state index contributed by atoms with van der Waals surface area (Å²) >= 11 is 0. The van der Waals surface area contributed by atoms with Crippen LogP contribution in [0.3, 0.4) is 0 Å². The number of urea groups is 1. The number of hydrogen-bond acceptors (Lipinski definition) is 5. The van der Waals surface area contributed by atoms with E-state index in [9.17, 15) is 9.90 Å². The Hall–Kier alpha value is -3.23. The van der Waals surface area contributed by atoms with Crippen LogP contribution in [-0.4, -0.2) is 41.8 Å². The first kappa shape index (κ1) is 28.3. The summed E-state index contributed by atoms with van der Waals surface area (Å²) in [4.78, 5) is 15.1. The van der Waals surface area contributed by atoms with E-state index in [0.29, 0.717) is 12.2 Å². The Kier molecular flexibility index (Phi) is 10.2.